The zero-order valence-electron chi connectivity index (χ0n) is 12.0. The van der Waals surface area contributed by atoms with Crippen molar-refractivity contribution in [2.45, 2.75) is 18.9 Å². The second kappa shape index (κ2) is 6.10. The first-order valence-electron chi connectivity index (χ1n) is 7.40. The minimum atomic E-state index is 0.674. The molecule has 2 heteroatoms. The molecule has 0 radical (unpaired) electrons. The maximum absolute atomic E-state index is 3.19. The third kappa shape index (κ3) is 2.86. The van der Waals surface area contributed by atoms with E-state index in [9.17, 15) is 0 Å². The molecular weight excluding hydrogens is 244 g/mol. The zero-order valence-corrected chi connectivity index (χ0v) is 12.0. The Morgan fingerprint density at radius 3 is 2.50 bits per heavy atom. The lowest BCUT2D eigenvalue weighted by molar-refractivity contribution is 0.775. The standard InChI is InChI=1S/C18H22N2/c1-19-13-15-7-9-18(10-8-15)20-12-11-17(14-20)16-5-3-2-4-6-16/h2-10,17,19H,11-14H2,1H3. The Labute approximate surface area is 121 Å². The Balaban J connectivity index is 1.67. The van der Waals surface area contributed by atoms with E-state index < -0.39 is 0 Å². The van der Waals surface area contributed by atoms with Crippen molar-refractivity contribution in [3.63, 3.8) is 0 Å². The normalized spacial score (nSPS) is 18.4. The lowest BCUT2D eigenvalue weighted by Gasteiger charge is -2.19. The van der Waals surface area contributed by atoms with Crippen LogP contribution in [0.3, 0.4) is 0 Å². The average Bonchev–Trinajstić information content (AvgIpc) is 2.99. The number of anilines is 1. The highest BCUT2D eigenvalue weighted by Gasteiger charge is 2.23. The number of rotatable bonds is 4. The molecule has 3 rings (SSSR count). The van der Waals surface area contributed by atoms with Crippen molar-refractivity contribution in [1.82, 2.24) is 5.32 Å². The topological polar surface area (TPSA) is 15.3 Å². The molecule has 1 unspecified atom stereocenters. The molecule has 0 amide bonds. The SMILES string of the molecule is CNCc1ccc(N2CCC(c3ccccc3)C2)cc1. The quantitative estimate of drug-likeness (QED) is 0.912. The molecule has 1 fully saturated rings. The Bertz CT molecular complexity index is 533. The predicted molar refractivity (Wildman–Crippen MR) is 85.2 cm³/mol. The first-order valence-corrected chi connectivity index (χ1v) is 7.40. The van der Waals surface area contributed by atoms with E-state index in [1.807, 2.05) is 7.05 Å². The van der Waals surface area contributed by atoms with Gasteiger partial charge in [0, 0.05) is 31.2 Å². The molecule has 1 aliphatic rings. The Hall–Kier alpha value is -1.80. The van der Waals surface area contributed by atoms with Gasteiger partial charge < -0.3 is 10.2 Å². The molecule has 1 aliphatic heterocycles. The van der Waals surface area contributed by atoms with E-state index in [1.165, 1.54) is 23.2 Å². The van der Waals surface area contributed by atoms with Crippen LogP contribution in [0.25, 0.3) is 0 Å². The van der Waals surface area contributed by atoms with E-state index in [-0.39, 0.29) is 0 Å². The molecule has 2 nitrogen and oxygen atoms in total. The van der Waals surface area contributed by atoms with Crippen molar-refractivity contribution in [3.8, 4) is 0 Å². The van der Waals surface area contributed by atoms with Gasteiger partial charge in [0.05, 0.1) is 0 Å². The van der Waals surface area contributed by atoms with Crippen LogP contribution in [0.4, 0.5) is 5.69 Å². The van der Waals surface area contributed by atoms with Gasteiger partial charge in [-0.05, 0) is 36.7 Å². The zero-order chi connectivity index (χ0) is 13.8. The van der Waals surface area contributed by atoms with E-state index >= 15 is 0 Å². The smallest absolute Gasteiger partial charge is 0.0366 e. The summed E-state index contributed by atoms with van der Waals surface area (Å²) in [6.45, 7) is 3.23. The van der Waals surface area contributed by atoms with Crippen LogP contribution < -0.4 is 10.2 Å². The molecule has 0 aliphatic carbocycles. The molecule has 104 valence electrons. The van der Waals surface area contributed by atoms with Crippen LogP contribution in [0.5, 0.6) is 0 Å². The van der Waals surface area contributed by atoms with Crippen molar-refractivity contribution >= 4 is 5.69 Å². The molecule has 0 aromatic heterocycles. The lowest BCUT2D eigenvalue weighted by Crippen LogP contribution is -2.19. The van der Waals surface area contributed by atoms with Crippen LogP contribution in [-0.4, -0.2) is 20.1 Å². The lowest BCUT2D eigenvalue weighted by atomic mass is 9.99. The molecule has 0 spiro atoms. The Morgan fingerprint density at radius 1 is 1.05 bits per heavy atom. The summed E-state index contributed by atoms with van der Waals surface area (Å²) in [7, 11) is 1.98. The van der Waals surface area contributed by atoms with Gasteiger partial charge in [0.2, 0.25) is 0 Å². The van der Waals surface area contributed by atoms with Crippen molar-refractivity contribution in [3.05, 3.63) is 65.7 Å². The number of benzene rings is 2. The first-order chi connectivity index (χ1) is 9.86. The molecule has 0 bridgehead atoms. The highest BCUT2D eigenvalue weighted by molar-refractivity contribution is 5.49. The second-order valence-electron chi connectivity index (χ2n) is 5.54. The maximum atomic E-state index is 3.19. The van der Waals surface area contributed by atoms with Gasteiger partial charge in [-0.3, -0.25) is 0 Å². The molecule has 2 aromatic carbocycles. The monoisotopic (exact) mass is 266 g/mol. The van der Waals surface area contributed by atoms with Gasteiger partial charge in [0.25, 0.3) is 0 Å². The fraction of sp³-hybridized carbons (Fsp3) is 0.333. The first kappa shape index (κ1) is 13.2. The van der Waals surface area contributed by atoms with Gasteiger partial charge in [-0.1, -0.05) is 42.5 Å². The van der Waals surface area contributed by atoms with Crippen molar-refractivity contribution in [2.75, 3.05) is 25.0 Å². The number of hydrogen-bond acceptors (Lipinski definition) is 2. The van der Waals surface area contributed by atoms with E-state index in [2.05, 4.69) is 64.8 Å². The van der Waals surface area contributed by atoms with Crippen LogP contribution in [0, 0.1) is 0 Å². The minimum Gasteiger partial charge on any atom is -0.371 e. The summed E-state index contributed by atoms with van der Waals surface area (Å²) in [6, 6.07) is 19.8. The Morgan fingerprint density at radius 2 is 1.80 bits per heavy atom. The largest absolute Gasteiger partial charge is 0.371 e. The maximum Gasteiger partial charge on any atom is 0.0366 e. The Kier molecular flexibility index (Phi) is 4.03. The number of nitrogens with one attached hydrogen (secondary N) is 1. The van der Waals surface area contributed by atoms with Gasteiger partial charge in [0.15, 0.2) is 0 Å². The van der Waals surface area contributed by atoms with Crippen LogP contribution in [-0.2, 0) is 6.54 Å². The second-order valence-corrected chi connectivity index (χ2v) is 5.54. The van der Waals surface area contributed by atoms with Crippen molar-refractivity contribution < 1.29 is 0 Å². The van der Waals surface area contributed by atoms with Crippen LogP contribution in [0.15, 0.2) is 54.6 Å². The molecule has 1 heterocycles. The summed E-state index contributed by atoms with van der Waals surface area (Å²) < 4.78 is 0. The van der Waals surface area contributed by atoms with Gasteiger partial charge in [-0.25, -0.2) is 0 Å². The third-order valence-corrected chi connectivity index (χ3v) is 4.14. The van der Waals surface area contributed by atoms with Gasteiger partial charge in [-0.15, -0.1) is 0 Å². The molecular formula is C18H22N2. The summed E-state index contributed by atoms with van der Waals surface area (Å²) in [5, 5.41) is 3.19. The summed E-state index contributed by atoms with van der Waals surface area (Å²) in [6.07, 6.45) is 1.25. The molecule has 20 heavy (non-hydrogen) atoms. The van der Waals surface area contributed by atoms with Crippen LogP contribution in [0.1, 0.15) is 23.5 Å². The summed E-state index contributed by atoms with van der Waals surface area (Å²) in [4.78, 5) is 2.50. The molecule has 2 aromatic rings. The van der Waals surface area contributed by atoms with E-state index in [1.54, 1.807) is 0 Å². The highest BCUT2D eigenvalue weighted by atomic mass is 15.1. The summed E-state index contributed by atoms with van der Waals surface area (Å²) in [5.41, 5.74) is 4.17. The summed E-state index contributed by atoms with van der Waals surface area (Å²) >= 11 is 0. The molecule has 1 atom stereocenters. The molecule has 0 saturated carbocycles. The third-order valence-electron chi connectivity index (χ3n) is 4.14. The van der Waals surface area contributed by atoms with Gasteiger partial charge >= 0.3 is 0 Å². The van der Waals surface area contributed by atoms with Gasteiger partial charge in [-0.2, -0.15) is 0 Å². The van der Waals surface area contributed by atoms with Crippen molar-refractivity contribution in [1.29, 1.82) is 0 Å². The molecule has 1 saturated heterocycles. The summed E-state index contributed by atoms with van der Waals surface area (Å²) in [5.74, 6) is 0.674. The van der Waals surface area contributed by atoms with Crippen LogP contribution >= 0.6 is 0 Å². The molecule has 1 N–H and O–H groups in total. The fourth-order valence-corrected chi connectivity index (χ4v) is 3.02. The average molecular weight is 266 g/mol. The van der Waals surface area contributed by atoms with E-state index in [0.717, 1.165) is 19.6 Å². The predicted octanol–water partition coefficient (Wildman–Crippen LogP) is 3.40. The highest BCUT2D eigenvalue weighted by Crippen LogP contribution is 2.30. The minimum absolute atomic E-state index is 0.674. The fourth-order valence-electron chi connectivity index (χ4n) is 3.02. The number of nitrogens with zero attached hydrogens (tertiary/aromatic N) is 1. The van der Waals surface area contributed by atoms with Gasteiger partial charge in [0.1, 0.15) is 0 Å². The van der Waals surface area contributed by atoms with Crippen molar-refractivity contribution in [2.24, 2.45) is 0 Å². The van der Waals surface area contributed by atoms with E-state index in [0.29, 0.717) is 5.92 Å². The van der Waals surface area contributed by atoms with Crippen LogP contribution in [0.2, 0.25) is 0 Å². The number of hydrogen-bond donors (Lipinski definition) is 1. The van der Waals surface area contributed by atoms with E-state index in [4.69, 9.17) is 0 Å².